The maximum Gasteiger partial charge on any atom is 0.341 e. The first-order chi connectivity index (χ1) is 11.9. The maximum atomic E-state index is 12.5. The van der Waals surface area contributed by atoms with Gasteiger partial charge in [-0.3, -0.25) is 4.79 Å². The van der Waals surface area contributed by atoms with Crippen LogP contribution in [0.5, 0.6) is 11.5 Å². The summed E-state index contributed by atoms with van der Waals surface area (Å²) in [4.78, 5) is 23.1. The van der Waals surface area contributed by atoms with Crippen molar-refractivity contribution in [2.24, 2.45) is 0 Å². The van der Waals surface area contributed by atoms with Gasteiger partial charge in [0.2, 0.25) is 0 Å². The summed E-state index contributed by atoms with van der Waals surface area (Å²) in [5, 5.41) is 11.6. The van der Waals surface area contributed by atoms with Gasteiger partial charge in [-0.1, -0.05) is 6.07 Å². The number of rotatable bonds is 7. The van der Waals surface area contributed by atoms with Crippen LogP contribution in [0, 0.1) is 13.8 Å². The lowest BCUT2D eigenvalue weighted by Gasteiger charge is -2.13. The molecule has 0 saturated heterocycles. The Balaban J connectivity index is 2.16. The fourth-order valence-corrected chi connectivity index (χ4v) is 2.48. The first-order valence-electron chi connectivity index (χ1n) is 7.90. The van der Waals surface area contributed by atoms with E-state index in [1.54, 1.807) is 44.2 Å². The van der Waals surface area contributed by atoms with Crippen molar-refractivity contribution in [3.63, 3.8) is 0 Å². The van der Waals surface area contributed by atoms with E-state index in [9.17, 15) is 9.59 Å². The van der Waals surface area contributed by atoms with E-state index in [1.165, 1.54) is 0 Å². The van der Waals surface area contributed by atoms with Crippen LogP contribution in [0.25, 0.3) is 0 Å². The van der Waals surface area contributed by atoms with Crippen LogP contribution in [0.15, 0.2) is 36.4 Å². The molecule has 25 heavy (non-hydrogen) atoms. The molecule has 6 nitrogen and oxygen atoms in total. The Bertz CT molecular complexity index is 762. The van der Waals surface area contributed by atoms with Crippen molar-refractivity contribution >= 4 is 17.6 Å². The zero-order valence-electron chi connectivity index (χ0n) is 14.5. The molecule has 0 unspecified atom stereocenters. The van der Waals surface area contributed by atoms with Crippen LogP contribution >= 0.6 is 0 Å². The number of nitrogens with one attached hydrogen (secondary N) is 1. The summed E-state index contributed by atoms with van der Waals surface area (Å²) in [7, 11) is 0. The average molecular weight is 343 g/mol. The molecule has 0 atom stereocenters. The van der Waals surface area contributed by atoms with Crippen molar-refractivity contribution in [3.8, 4) is 11.5 Å². The molecule has 0 aliphatic heterocycles. The zero-order valence-corrected chi connectivity index (χ0v) is 14.5. The van der Waals surface area contributed by atoms with Crippen molar-refractivity contribution in [2.45, 2.75) is 20.8 Å². The molecule has 2 aromatic rings. The predicted octanol–water partition coefficient (Wildman–Crippen LogP) is 3.42. The Labute approximate surface area is 146 Å². The van der Waals surface area contributed by atoms with Gasteiger partial charge in [-0.15, -0.1) is 0 Å². The van der Waals surface area contributed by atoms with E-state index >= 15 is 0 Å². The van der Waals surface area contributed by atoms with Gasteiger partial charge in [-0.05, 0) is 56.2 Å². The van der Waals surface area contributed by atoms with Crippen molar-refractivity contribution in [1.29, 1.82) is 0 Å². The van der Waals surface area contributed by atoms with Crippen molar-refractivity contribution < 1.29 is 24.2 Å². The Morgan fingerprint density at radius 3 is 2.36 bits per heavy atom. The number of benzene rings is 2. The van der Waals surface area contributed by atoms with Crippen LogP contribution in [0.2, 0.25) is 0 Å². The number of aryl methyl sites for hydroxylation is 2. The van der Waals surface area contributed by atoms with Gasteiger partial charge < -0.3 is 19.9 Å². The summed E-state index contributed by atoms with van der Waals surface area (Å²) in [6, 6.07) is 10.5. The van der Waals surface area contributed by atoms with Gasteiger partial charge in [0.1, 0.15) is 11.5 Å². The van der Waals surface area contributed by atoms with Gasteiger partial charge in [0.15, 0.2) is 6.61 Å². The molecule has 132 valence electrons. The van der Waals surface area contributed by atoms with Crippen molar-refractivity contribution in [2.75, 3.05) is 18.5 Å². The van der Waals surface area contributed by atoms with Crippen LogP contribution < -0.4 is 14.8 Å². The lowest BCUT2D eigenvalue weighted by Crippen LogP contribution is -2.14. The molecule has 0 bridgehead atoms. The lowest BCUT2D eigenvalue weighted by atomic mass is 10.0. The van der Waals surface area contributed by atoms with Crippen LogP contribution in [0.1, 0.15) is 28.4 Å². The number of carbonyl (C=O) groups is 2. The number of ether oxygens (including phenoxy) is 2. The molecule has 0 fully saturated rings. The largest absolute Gasteiger partial charge is 0.494 e. The molecule has 0 aliphatic rings. The molecule has 0 aliphatic carbocycles. The molecule has 0 radical (unpaired) electrons. The summed E-state index contributed by atoms with van der Waals surface area (Å²) in [5.41, 5.74) is 2.51. The number of hydrogen-bond acceptors (Lipinski definition) is 4. The third-order valence-electron chi connectivity index (χ3n) is 3.47. The molecule has 2 N–H and O–H groups in total. The van der Waals surface area contributed by atoms with Gasteiger partial charge in [-0.25, -0.2) is 4.79 Å². The van der Waals surface area contributed by atoms with E-state index < -0.39 is 12.6 Å². The zero-order chi connectivity index (χ0) is 18.4. The van der Waals surface area contributed by atoms with E-state index in [-0.39, 0.29) is 5.91 Å². The van der Waals surface area contributed by atoms with Crippen LogP contribution in [-0.2, 0) is 4.79 Å². The summed E-state index contributed by atoms with van der Waals surface area (Å²) < 4.78 is 10.7. The van der Waals surface area contributed by atoms with E-state index in [2.05, 4.69) is 5.32 Å². The van der Waals surface area contributed by atoms with Gasteiger partial charge in [0.05, 0.1) is 6.61 Å². The molecule has 1 amide bonds. The second-order valence-electron chi connectivity index (χ2n) is 5.54. The highest BCUT2D eigenvalue weighted by Gasteiger charge is 2.13. The highest BCUT2D eigenvalue weighted by Crippen LogP contribution is 2.26. The van der Waals surface area contributed by atoms with Crippen LogP contribution in [-0.4, -0.2) is 30.2 Å². The number of aliphatic carboxylic acids is 1. The first-order valence-corrected chi connectivity index (χ1v) is 7.90. The fourth-order valence-electron chi connectivity index (χ4n) is 2.48. The Hall–Kier alpha value is -3.02. The van der Waals surface area contributed by atoms with E-state index in [1.807, 2.05) is 13.0 Å². The SMILES string of the molecule is CCOc1cccc(NC(=O)c2cc(C)c(OCC(=O)O)c(C)c2)c1. The number of amides is 1. The number of hydrogen-bond donors (Lipinski definition) is 2. The first kappa shape index (κ1) is 18.3. The quantitative estimate of drug-likeness (QED) is 0.805. The number of carboxylic acids is 1. The number of anilines is 1. The normalized spacial score (nSPS) is 10.2. The van der Waals surface area contributed by atoms with E-state index in [4.69, 9.17) is 14.6 Å². The molecule has 2 aromatic carbocycles. The summed E-state index contributed by atoms with van der Waals surface area (Å²) >= 11 is 0. The summed E-state index contributed by atoms with van der Waals surface area (Å²) in [6.45, 7) is 5.57. The standard InChI is InChI=1S/C19H21NO5/c1-4-24-16-7-5-6-15(10-16)20-19(23)14-8-12(2)18(13(3)9-14)25-11-17(21)22/h5-10H,4,11H2,1-3H3,(H,20,23)(H,21,22). The Morgan fingerprint density at radius 2 is 1.76 bits per heavy atom. The highest BCUT2D eigenvalue weighted by molar-refractivity contribution is 6.04. The lowest BCUT2D eigenvalue weighted by molar-refractivity contribution is -0.139. The van der Waals surface area contributed by atoms with Crippen molar-refractivity contribution in [3.05, 3.63) is 53.1 Å². The molecular formula is C19H21NO5. The molecule has 2 rings (SSSR count). The Morgan fingerprint density at radius 1 is 1.08 bits per heavy atom. The molecule has 0 spiro atoms. The molecule has 6 heteroatoms. The molecule has 0 aromatic heterocycles. The van der Waals surface area contributed by atoms with Gasteiger partial charge in [0.25, 0.3) is 5.91 Å². The van der Waals surface area contributed by atoms with Gasteiger partial charge in [-0.2, -0.15) is 0 Å². The van der Waals surface area contributed by atoms with Gasteiger partial charge >= 0.3 is 5.97 Å². The maximum absolute atomic E-state index is 12.5. The number of carboxylic acid groups (broad SMARTS) is 1. The minimum Gasteiger partial charge on any atom is -0.494 e. The number of carbonyl (C=O) groups excluding carboxylic acids is 1. The summed E-state index contributed by atoms with van der Waals surface area (Å²) in [6.07, 6.45) is 0. The smallest absolute Gasteiger partial charge is 0.341 e. The van der Waals surface area contributed by atoms with Crippen molar-refractivity contribution in [1.82, 2.24) is 0 Å². The minimum atomic E-state index is -1.05. The second-order valence-corrected chi connectivity index (χ2v) is 5.54. The Kier molecular flexibility index (Phi) is 6.00. The van der Waals surface area contributed by atoms with E-state index in [0.29, 0.717) is 40.5 Å². The summed E-state index contributed by atoms with van der Waals surface area (Å²) in [5.74, 6) is -0.137. The van der Waals surface area contributed by atoms with Crippen LogP contribution in [0.4, 0.5) is 5.69 Å². The molecule has 0 heterocycles. The fraction of sp³-hybridized carbons (Fsp3) is 0.263. The monoisotopic (exact) mass is 343 g/mol. The van der Waals surface area contributed by atoms with Gasteiger partial charge in [0, 0.05) is 17.3 Å². The third kappa shape index (κ3) is 4.97. The highest BCUT2D eigenvalue weighted by atomic mass is 16.5. The topological polar surface area (TPSA) is 84.9 Å². The predicted molar refractivity (Wildman–Crippen MR) is 94.6 cm³/mol. The minimum absolute atomic E-state index is 0.260. The molecular weight excluding hydrogens is 322 g/mol. The second kappa shape index (κ2) is 8.19. The van der Waals surface area contributed by atoms with Crippen LogP contribution in [0.3, 0.4) is 0 Å². The van der Waals surface area contributed by atoms with E-state index in [0.717, 1.165) is 0 Å². The third-order valence-corrected chi connectivity index (χ3v) is 3.47. The average Bonchev–Trinajstić information content (AvgIpc) is 2.54. The molecule has 0 saturated carbocycles.